The molecule has 1 amide bonds. The summed E-state index contributed by atoms with van der Waals surface area (Å²) in [6.07, 6.45) is 1.51. The molecule has 0 aliphatic heterocycles. The summed E-state index contributed by atoms with van der Waals surface area (Å²) in [4.78, 5) is 18.3. The molecular weight excluding hydrogens is 468 g/mol. The fourth-order valence-corrected chi connectivity index (χ4v) is 4.53. The molecule has 0 aliphatic carbocycles. The highest BCUT2D eigenvalue weighted by molar-refractivity contribution is 9.10. The van der Waals surface area contributed by atoms with Crippen LogP contribution in [0.5, 0.6) is 0 Å². The summed E-state index contributed by atoms with van der Waals surface area (Å²) < 4.78 is 7.31. The van der Waals surface area contributed by atoms with Gasteiger partial charge in [-0.05, 0) is 34.7 Å². The molecule has 0 aliphatic rings. The van der Waals surface area contributed by atoms with Gasteiger partial charge in [-0.3, -0.25) is 10.1 Å². The van der Waals surface area contributed by atoms with Gasteiger partial charge in [-0.25, -0.2) is 4.98 Å². The molecule has 2 heterocycles. The van der Waals surface area contributed by atoms with Gasteiger partial charge in [-0.2, -0.15) is 0 Å². The van der Waals surface area contributed by atoms with Crippen molar-refractivity contribution < 1.29 is 9.53 Å². The third-order valence-electron chi connectivity index (χ3n) is 4.18. The lowest BCUT2D eigenvalue weighted by atomic mass is 10.1. The van der Waals surface area contributed by atoms with Gasteiger partial charge < -0.3 is 4.74 Å². The first-order valence-corrected chi connectivity index (χ1v) is 11.4. The lowest BCUT2D eigenvalue weighted by molar-refractivity contribution is 0.0689. The fourth-order valence-electron chi connectivity index (χ4n) is 2.76. The first-order chi connectivity index (χ1) is 14.2. The molecule has 0 spiro atoms. The zero-order chi connectivity index (χ0) is 20.1. The van der Waals surface area contributed by atoms with Gasteiger partial charge in [0.15, 0.2) is 5.13 Å². The number of carbonyl (C=O) groups excluding carboxylic acids is 1. The van der Waals surface area contributed by atoms with Gasteiger partial charge in [0.05, 0.1) is 16.4 Å². The van der Waals surface area contributed by atoms with E-state index in [1.54, 1.807) is 12.3 Å². The third-order valence-corrected chi connectivity index (χ3v) is 6.53. The largest absolute Gasteiger partial charge is 0.363 e. The van der Waals surface area contributed by atoms with Crippen LogP contribution in [-0.4, -0.2) is 10.9 Å². The summed E-state index contributed by atoms with van der Waals surface area (Å²) in [5, 5.41) is 5.31. The molecule has 0 bridgehead atoms. The number of ether oxygens (including phenoxy) is 1. The minimum absolute atomic E-state index is 0.145. The average molecular weight is 485 g/mol. The van der Waals surface area contributed by atoms with Gasteiger partial charge in [-0.15, -0.1) is 11.3 Å². The molecule has 29 heavy (non-hydrogen) atoms. The van der Waals surface area contributed by atoms with E-state index in [0.717, 1.165) is 20.5 Å². The maximum atomic E-state index is 12.3. The molecular formula is C22H17BrN2O2S2. The summed E-state index contributed by atoms with van der Waals surface area (Å²) in [7, 11) is 0. The predicted molar refractivity (Wildman–Crippen MR) is 122 cm³/mol. The van der Waals surface area contributed by atoms with Gasteiger partial charge in [0, 0.05) is 10.7 Å². The quantitative estimate of drug-likeness (QED) is 0.324. The van der Waals surface area contributed by atoms with E-state index >= 15 is 0 Å². The molecule has 1 unspecified atom stereocenters. The van der Waals surface area contributed by atoms with Crippen molar-refractivity contribution in [3.63, 3.8) is 0 Å². The highest BCUT2D eigenvalue weighted by Gasteiger charge is 2.19. The van der Waals surface area contributed by atoms with Crippen LogP contribution in [0.15, 0.2) is 82.8 Å². The standard InChI is InChI=1S/C22H17BrN2O2S2/c23-17-10-8-15(9-11-17)14-27-20(16-5-2-1-3-6-16)19-13-24-22(29-19)25-21(26)18-7-4-12-28-18/h1-13,20H,14H2,(H,24,25,26). The van der Waals surface area contributed by atoms with Crippen LogP contribution < -0.4 is 5.32 Å². The number of thiophene rings is 1. The van der Waals surface area contributed by atoms with Gasteiger partial charge >= 0.3 is 0 Å². The number of carbonyl (C=O) groups is 1. The van der Waals surface area contributed by atoms with E-state index in [2.05, 4.69) is 26.2 Å². The number of amides is 1. The highest BCUT2D eigenvalue weighted by Crippen LogP contribution is 2.33. The van der Waals surface area contributed by atoms with E-state index in [-0.39, 0.29) is 12.0 Å². The number of halogens is 1. The van der Waals surface area contributed by atoms with E-state index in [0.29, 0.717) is 16.6 Å². The number of thiazole rings is 1. The van der Waals surface area contributed by atoms with E-state index in [4.69, 9.17) is 4.74 Å². The molecule has 0 saturated carbocycles. The molecule has 2 aromatic carbocycles. The molecule has 1 atom stereocenters. The van der Waals surface area contributed by atoms with Gasteiger partial charge in [-0.1, -0.05) is 75.8 Å². The predicted octanol–water partition coefficient (Wildman–Crippen LogP) is 6.53. The second kappa shape index (κ2) is 9.45. The molecule has 0 fully saturated rings. The van der Waals surface area contributed by atoms with Gasteiger partial charge in [0.1, 0.15) is 6.10 Å². The maximum absolute atomic E-state index is 12.3. The van der Waals surface area contributed by atoms with Crippen molar-refractivity contribution in [2.45, 2.75) is 12.7 Å². The van der Waals surface area contributed by atoms with E-state index in [1.807, 2.05) is 66.0 Å². The molecule has 4 rings (SSSR count). The number of hydrogen-bond donors (Lipinski definition) is 1. The lowest BCUT2D eigenvalue weighted by Crippen LogP contribution is -2.09. The highest BCUT2D eigenvalue weighted by atomic mass is 79.9. The van der Waals surface area contributed by atoms with Gasteiger partial charge in [0.25, 0.3) is 5.91 Å². The number of rotatable bonds is 7. The van der Waals surface area contributed by atoms with E-state index in [9.17, 15) is 4.79 Å². The first-order valence-electron chi connectivity index (χ1n) is 8.90. The summed E-state index contributed by atoms with van der Waals surface area (Å²) >= 11 is 6.29. The molecule has 146 valence electrons. The molecule has 4 aromatic rings. The fraction of sp³-hybridized carbons (Fsp3) is 0.0909. The second-order valence-corrected chi connectivity index (χ2v) is 9.15. The van der Waals surface area contributed by atoms with Crippen molar-refractivity contribution >= 4 is 49.6 Å². The number of nitrogens with zero attached hydrogens (tertiary/aromatic N) is 1. The topological polar surface area (TPSA) is 51.2 Å². The van der Waals surface area contributed by atoms with Crippen LogP contribution >= 0.6 is 38.6 Å². The van der Waals surface area contributed by atoms with Crippen LogP contribution in [-0.2, 0) is 11.3 Å². The van der Waals surface area contributed by atoms with Crippen LogP contribution in [0.3, 0.4) is 0 Å². The minimum Gasteiger partial charge on any atom is -0.363 e. The van der Waals surface area contributed by atoms with Crippen molar-refractivity contribution in [2.75, 3.05) is 5.32 Å². The zero-order valence-corrected chi connectivity index (χ0v) is 18.5. The van der Waals surface area contributed by atoms with Crippen LogP contribution in [0, 0.1) is 0 Å². The van der Waals surface area contributed by atoms with Crippen molar-refractivity contribution in [1.82, 2.24) is 4.98 Å². The number of aromatic nitrogens is 1. The van der Waals surface area contributed by atoms with Crippen LogP contribution in [0.1, 0.15) is 31.8 Å². The zero-order valence-electron chi connectivity index (χ0n) is 15.2. The van der Waals surface area contributed by atoms with Crippen LogP contribution in [0.25, 0.3) is 0 Å². The van der Waals surface area contributed by atoms with Crippen molar-refractivity contribution in [3.8, 4) is 0 Å². The lowest BCUT2D eigenvalue weighted by Gasteiger charge is -2.17. The van der Waals surface area contributed by atoms with E-state index < -0.39 is 0 Å². The maximum Gasteiger partial charge on any atom is 0.267 e. The Hall–Kier alpha value is -2.32. The molecule has 4 nitrogen and oxygen atoms in total. The Morgan fingerprint density at radius 2 is 1.86 bits per heavy atom. The van der Waals surface area contributed by atoms with Crippen molar-refractivity contribution in [3.05, 3.63) is 104 Å². The summed E-state index contributed by atoms with van der Waals surface area (Å²) in [6, 6.07) is 21.8. The average Bonchev–Trinajstić information content (AvgIpc) is 3.43. The number of anilines is 1. The number of nitrogens with one attached hydrogen (secondary N) is 1. The summed E-state index contributed by atoms with van der Waals surface area (Å²) in [5.41, 5.74) is 2.13. The normalized spacial score (nSPS) is 11.9. The number of hydrogen-bond acceptors (Lipinski definition) is 5. The Kier molecular flexibility index (Phi) is 6.51. The summed E-state index contributed by atoms with van der Waals surface area (Å²) in [5.74, 6) is -0.145. The Labute approximate surface area is 185 Å². The van der Waals surface area contributed by atoms with Crippen LogP contribution in [0.4, 0.5) is 5.13 Å². The second-order valence-electron chi connectivity index (χ2n) is 6.23. The molecule has 2 aromatic heterocycles. The number of benzene rings is 2. The molecule has 7 heteroatoms. The van der Waals surface area contributed by atoms with E-state index in [1.165, 1.54) is 22.7 Å². The molecule has 1 N–H and O–H groups in total. The Morgan fingerprint density at radius 1 is 1.07 bits per heavy atom. The Balaban J connectivity index is 1.52. The smallest absolute Gasteiger partial charge is 0.267 e. The third kappa shape index (κ3) is 5.19. The van der Waals surface area contributed by atoms with Gasteiger partial charge in [0.2, 0.25) is 0 Å². The van der Waals surface area contributed by atoms with Crippen molar-refractivity contribution in [1.29, 1.82) is 0 Å². The Morgan fingerprint density at radius 3 is 2.59 bits per heavy atom. The monoisotopic (exact) mass is 484 g/mol. The minimum atomic E-state index is -0.260. The first kappa shape index (κ1) is 20.0. The molecule has 0 saturated heterocycles. The Bertz CT molecular complexity index is 1060. The molecule has 0 radical (unpaired) electrons. The van der Waals surface area contributed by atoms with Crippen molar-refractivity contribution in [2.24, 2.45) is 0 Å². The SMILES string of the molecule is O=C(Nc1ncc(C(OCc2ccc(Br)cc2)c2ccccc2)s1)c1cccs1. The van der Waals surface area contributed by atoms with Crippen LogP contribution in [0.2, 0.25) is 0 Å². The summed E-state index contributed by atoms with van der Waals surface area (Å²) in [6.45, 7) is 0.474.